The lowest BCUT2D eigenvalue weighted by Crippen LogP contribution is -2.30. The average molecular weight is 198 g/mol. The summed E-state index contributed by atoms with van der Waals surface area (Å²) in [6, 6.07) is 0. The van der Waals surface area contributed by atoms with Crippen molar-refractivity contribution in [3.8, 4) is 0 Å². The van der Waals surface area contributed by atoms with Gasteiger partial charge >= 0.3 is 12.1 Å². The van der Waals surface area contributed by atoms with E-state index in [1.807, 2.05) is 0 Å². The summed E-state index contributed by atoms with van der Waals surface area (Å²) >= 11 is 0. The van der Waals surface area contributed by atoms with Gasteiger partial charge in [-0.2, -0.15) is 13.2 Å². The van der Waals surface area contributed by atoms with Crippen molar-refractivity contribution < 1.29 is 27.8 Å². The van der Waals surface area contributed by atoms with Crippen molar-refractivity contribution in [2.24, 2.45) is 5.92 Å². The van der Waals surface area contributed by atoms with Gasteiger partial charge in [0.25, 0.3) is 0 Å². The summed E-state index contributed by atoms with van der Waals surface area (Å²) in [5.41, 5.74) is 0. The maximum Gasteiger partial charge on any atom is 0.411 e. The van der Waals surface area contributed by atoms with Crippen molar-refractivity contribution in [2.75, 3.05) is 6.61 Å². The summed E-state index contributed by atoms with van der Waals surface area (Å²) in [6.45, 7) is -1.49. The van der Waals surface area contributed by atoms with Crippen molar-refractivity contribution in [3.05, 3.63) is 0 Å². The zero-order valence-corrected chi connectivity index (χ0v) is 6.67. The monoisotopic (exact) mass is 198 g/mol. The summed E-state index contributed by atoms with van der Waals surface area (Å²) in [5, 5.41) is 8.49. The Bertz CT molecular complexity index is 198. The Hall–Kier alpha value is -0.780. The van der Waals surface area contributed by atoms with Crippen LogP contribution >= 0.6 is 0 Å². The van der Waals surface area contributed by atoms with Gasteiger partial charge in [0, 0.05) is 0 Å². The number of carboxylic acid groups (broad SMARTS) is 1. The summed E-state index contributed by atoms with van der Waals surface area (Å²) in [6.07, 6.45) is -4.48. The second-order valence-corrected chi connectivity index (χ2v) is 3.02. The molecule has 0 aromatic carbocycles. The molecule has 1 rings (SSSR count). The lowest BCUT2D eigenvalue weighted by Gasteiger charge is -2.13. The van der Waals surface area contributed by atoms with Gasteiger partial charge in [-0.25, -0.2) is 4.79 Å². The highest BCUT2D eigenvalue weighted by atomic mass is 19.4. The van der Waals surface area contributed by atoms with E-state index in [9.17, 15) is 18.0 Å². The van der Waals surface area contributed by atoms with E-state index in [0.29, 0.717) is 12.8 Å². The van der Waals surface area contributed by atoms with Crippen LogP contribution in [0.15, 0.2) is 0 Å². The Labute approximate surface area is 72.5 Å². The Kier molecular flexibility index (Phi) is 2.80. The van der Waals surface area contributed by atoms with Gasteiger partial charge < -0.3 is 9.84 Å². The highest BCUT2D eigenvalue weighted by Crippen LogP contribution is 2.35. The van der Waals surface area contributed by atoms with Crippen molar-refractivity contribution in [3.63, 3.8) is 0 Å². The van der Waals surface area contributed by atoms with Gasteiger partial charge in [0.05, 0.1) is 0 Å². The quantitative estimate of drug-likeness (QED) is 0.743. The second kappa shape index (κ2) is 3.53. The molecule has 1 unspecified atom stereocenters. The molecule has 0 aromatic rings. The highest BCUT2D eigenvalue weighted by Gasteiger charge is 2.40. The number of ether oxygens (including phenoxy) is 1. The van der Waals surface area contributed by atoms with E-state index in [1.54, 1.807) is 0 Å². The van der Waals surface area contributed by atoms with Gasteiger partial charge in [-0.1, -0.05) is 0 Å². The maximum absolute atomic E-state index is 11.6. The summed E-state index contributed by atoms with van der Waals surface area (Å²) in [7, 11) is 0. The molecule has 1 aliphatic rings. The molecular weight excluding hydrogens is 189 g/mol. The first kappa shape index (κ1) is 10.3. The molecule has 1 fully saturated rings. The predicted octanol–water partition coefficient (Wildman–Crippen LogP) is 1.43. The summed E-state index contributed by atoms with van der Waals surface area (Å²) < 4.78 is 39.2. The summed E-state index contributed by atoms with van der Waals surface area (Å²) in [4.78, 5) is 10.4. The molecule has 76 valence electrons. The predicted molar refractivity (Wildman–Crippen MR) is 36.2 cm³/mol. The third kappa shape index (κ3) is 3.63. The largest absolute Gasteiger partial charge is 0.479 e. The molecule has 6 heteroatoms. The SMILES string of the molecule is O=C(O)C(OCC(F)(F)F)C1CC1. The molecule has 1 N–H and O–H groups in total. The highest BCUT2D eigenvalue weighted by molar-refractivity contribution is 5.73. The molecule has 0 aliphatic heterocycles. The molecule has 0 amide bonds. The van der Waals surface area contributed by atoms with E-state index in [4.69, 9.17) is 5.11 Å². The van der Waals surface area contributed by atoms with Crippen LogP contribution in [0.5, 0.6) is 0 Å². The zero-order chi connectivity index (χ0) is 10.1. The van der Waals surface area contributed by atoms with Crippen molar-refractivity contribution in [2.45, 2.75) is 25.1 Å². The number of alkyl halides is 3. The van der Waals surface area contributed by atoms with Gasteiger partial charge in [0.2, 0.25) is 0 Å². The van der Waals surface area contributed by atoms with Crippen LogP contribution in [0.2, 0.25) is 0 Å². The second-order valence-electron chi connectivity index (χ2n) is 3.02. The van der Waals surface area contributed by atoms with Gasteiger partial charge in [-0.3, -0.25) is 0 Å². The lowest BCUT2D eigenvalue weighted by atomic mass is 10.2. The minimum absolute atomic E-state index is 0.236. The number of aliphatic carboxylic acids is 1. The molecule has 0 radical (unpaired) electrons. The van der Waals surface area contributed by atoms with E-state index in [-0.39, 0.29) is 5.92 Å². The van der Waals surface area contributed by atoms with E-state index >= 15 is 0 Å². The molecule has 13 heavy (non-hydrogen) atoms. The van der Waals surface area contributed by atoms with Crippen molar-refractivity contribution in [1.29, 1.82) is 0 Å². The normalized spacial score (nSPS) is 19.9. The van der Waals surface area contributed by atoms with Crippen LogP contribution in [-0.2, 0) is 9.53 Å². The molecule has 1 saturated carbocycles. The minimum Gasteiger partial charge on any atom is -0.479 e. The number of hydrogen-bond acceptors (Lipinski definition) is 2. The van der Waals surface area contributed by atoms with E-state index < -0.39 is 24.9 Å². The fraction of sp³-hybridized carbons (Fsp3) is 0.857. The standard InChI is InChI=1S/C7H9F3O3/c8-7(9,10)3-13-5(6(11)12)4-1-2-4/h4-5H,1-3H2,(H,11,12). The number of rotatable bonds is 4. The number of carboxylic acids is 1. The Morgan fingerprint density at radius 1 is 1.54 bits per heavy atom. The van der Waals surface area contributed by atoms with Crippen LogP contribution in [0, 0.1) is 5.92 Å². The Morgan fingerprint density at radius 2 is 2.08 bits per heavy atom. The lowest BCUT2D eigenvalue weighted by molar-refractivity contribution is -0.194. The van der Waals surface area contributed by atoms with E-state index in [0.717, 1.165) is 0 Å². The fourth-order valence-corrected chi connectivity index (χ4v) is 0.992. The molecule has 3 nitrogen and oxygen atoms in total. The maximum atomic E-state index is 11.6. The van der Waals surface area contributed by atoms with E-state index in [2.05, 4.69) is 4.74 Å². The Balaban J connectivity index is 2.35. The van der Waals surface area contributed by atoms with Crippen LogP contribution in [0.3, 0.4) is 0 Å². The first-order valence-electron chi connectivity index (χ1n) is 3.81. The molecule has 0 spiro atoms. The van der Waals surface area contributed by atoms with Gasteiger partial charge in [-0.05, 0) is 18.8 Å². The first-order valence-corrected chi connectivity index (χ1v) is 3.81. The fourth-order valence-electron chi connectivity index (χ4n) is 0.992. The van der Waals surface area contributed by atoms with Crippen LogP contribution < -0.4 is 0 Å². The third-order valence-corrected chi connectivity index (χ3v) is 1.72. The minimum atomic E-state index is -4.46. The molecule has 0 bridgehead atoms. The van der Waals surface area contributed by atoms with Crippen LogP contribution in [0.25, 0.3) is 0 Å². The molecule has 0 aromatic heterocycles. The van der Waals surface area contributed by atoms with Crippen LogP contribution in [0.1, 0.15) is 12.8 Å². The van der Waals surface area contributed by atoms with Crippen molar-refractivity contribution >= 4 is 5.97 Å². The van der Waals surface area contributed by atoms with Gasteiger partial charge in [-0.15, -0.1) is 0 Å². The topological polar surface area (TPSA) is 46.5 Å². The van der Waals surface area contributed by atoms with Crippen molar-refractivity contribution in [1.82, 2.24) is 0 Å². The summed E-state index contributed by atoms with van der Waals surface area (Å²) in [5.74, 6) is -1.55. The number of halogens is 3. The molecule has 0 saturated heterocycles. The molecular formula is C7H9F3O3. The smallest absolute Gasteiger partial charge is 0.411 e. The Morgan fingerprint density at radius 3 is 2.38 bits per heavy atom. The molecule has 0 heterocycles. The average Bonchev–Trinajstić information content (AvgIpc) is 2.67. The number of hydrogen-bond donors (Lipinski definition) is 1. The molecule has 1 atom stereocenters. The number of carbonyl (C=O) groups is 1. The molecule has 1 aliphatic carbocycles. The van der Waals surface area contributed by atoms with Gasteiger partial charge in [0.15, 0.2) is 6.10 Å². The first-order chi connectivity index (χ1) is 5.90. The van der Waals surface area contributed by atoms with Crippen LogP contribution in [0.4, 0.5) is 13.2 Å². The zero-order valence-electron chi connectivity index (χ0n) is 6.67. The van der Waals surface area contributed by atoms with E-state index in [1.165, 1.54) is 0 Å². The van der Waals surface area contributed by atoms with Gasteiger partial charge in [0.1, 0.15) is 6.61 Å². The third-order valence-electron chi connectivity index (χ3n) is 1.72. The van der Waals surface area contributed by atoms with Crippen LogP contribution in [-0.4, -0.2) is 30.0 Å².